The van der Waals surface area contributed by atoms with Gasteiger partial charge in [-0.3, -0.25) is 0 Å². The van der Waals surface area contributed by atoms with E-state index in [0.717, 1.165) is 31.3 Å². The van der Waals surface area contributed by atoms with Crippen LogP contribution in [0, 0.1) is 0 Å². The van der Waals surface area contributed by atoms with Crippen molar-refractivity contribution in [3.8, 4) is 0 Å². The third-order valence-electron chi connectivity index (χ3n) is 5.03. The van der Waals surface area contributed by atoms with Crippen LogP contribution in [0.1, 0.15) is 33.4 Å². The Morgan fingerprint density at radius 1 is 0.625 bits per heavy atom. The minimum atomic E-state index is 1.06. The normalized spacial score (nSPS) is 13.3. The van der Waals surface area contributed by atoms with Crippen molar-refractivity contribution < 1.29 is 0 Å². The molecule has 4 aliphatic carbocycles. The molecule has 0 saturated carbocycles. The number of hydrogen-bond donors (Lipinski definition) is 0. The Kier molecular flexibility index (Phi) is 4.04. The smallest absolute Gasteiger partial charge is 0.0149 e. The Labute approximate surface area is 144 Å². The van der Waals surface area contributed by atoms with Gasteiger partial charge in [0.25, 0.3) is 0 Å². The van der Waals surface area contributed by atoms with Gasteiger partial charge in [-0.25, -0.2) is 0 Å². The summed E-state index contributed by atoms with van der Waals surface area (Å²) in [4.78, 5) is 0. The first-order valence-electron chi connectivity index (χ1n) is 8.74. The molecule has 0 aliphatic heterocycles. The summed E-state index contributed by atoms with van der Waals surface area (Å²) in [6.07, 6.45) is 4.31. The highest BCUT2D eigenvalue weighted by atomic mass is 14.2. The average Bonchev–Trinajstić information content (AvgIpc) is 2.64. The number of benzene rings is 3. The maximum absolute atomic E-state index is 4.41. The minimum Gasteiger partial charge on any atom is -0.0905 e. The molecule has 4 aliphatic rings. The molecule has 118 valence electrons. The zero-order valence-corrected chi connectivity index (χ0v) is 14.0. The van der Waals surface area contributed by atoms with Gasteiger partial charge in [0.15, 0.2) is 0 Å². The molecule has 0 radical (unpaired) electrons. The van der Waals surface area contributed by atoms with E-state index < -0.39 is 0 Å². The molecular weight excluding hydrogens is 288 g/mol. The predicted octanol–water partition coefficient (Wildman–Crippen LogP) is 5.63. The van der Waals surface area contributed by atoms with E-state index in [1.165, 1.54) is 33.4 Å². The van der Waals surface area contributed by atoms with Gasteiger partial charge in [-0.2, -0.15) is 0 Å². The summed E-state index contributed by atoms with van der Waals surface area (Å²) in [6, 6.07) is 26.6. The van der Waals surface area contributed by atoms with Crippen molar-refractivity contribution >= 4 is 5.57 Å². The first kappa shape index (κ1) is 15.0. The zero-order chi connectivity index (χ0) is 16.4. The van der Waals surface area contributed by atoms with Crippen molar-refractivity contribution in [1.82, 2.24) is 0 Å². The highest BCUT2D eigenvalue weighted by molar-refractivity contribution is 5.80. The van der Waals surface area contributed by atoms with Gasteiger partial charge in [0.05, 0.1) is 0 Å². The van der Waals surface area contributed by atoms with E-state index in [9.17, 15) is 0 Å². The van der Waals surface area contributed by atoms with Crippen molar-refractivity contribution in [2.24, 2.45) is 0 Å². The van der Waals surface area contributed by atoms with Crippen LogP contribution in [0.3, 0.4) is 0 Å². The Balaban J connectivity index is 1.75. The summed E-state index contributed by atoms with van der Waals surface area (Å²) < 4.78 is 0. The number of rotatable bonds is 2. The minimum absolute atomic E-state index is 1.06. The van der Waals surface area contributed by atoms with E-state index in [1.54, 1.807) is 0 Å². The lowest BCUT2D eigenvalue weighted by Gasteiger charge is -2.16. The van der Waals surface area contributed by atoms with Crippen LogP contribution in [0.2, 0.25) is 0 Å². The maximum Gasteiger partial charge on any atom is -0.0149 e. The molecule has 0 spiro atoms. The van der Waals surface area contributed by atoms with Gasteiger partial charge in [0.1, 0.15) is 0 Å². The van der Waals surface area contributed by atoms with E-state index in [1.807, 2.05) is 0 Å². The lowest BCUT2D eigenvalue weighted by atomic mass is 9.88. The highest BCUT2D eigenvalue weighted by Crippen LogP contribution is 2.28. The number of hydrogen-bond acceptors (Lipinski definition) is 0. The quantitative estimate of drug-likeness (QED) is 0.575. The van der Waals surface area contributed by atoms with E-state index in [2.05, 4.69) is 79.4 Å². The van der Waals surface area contributed by atoms with Crippen molar-refractivity contribution in [3.63, 3.8) is 0 Å². The van der Waals surface area contributed by atoms with Crippen LogP contribution in [0.25, 0.3) is 5.57 Å². The molecule has 0 aromatic heterocycles. The summed E-state index contributed by atoms with van der Waals surface area (Å²) in [5.41, 5.74) is 9.30. The molecule has 0 unspecified atom stereocenters. The first-order valence-corrected chi connectivity index (χ1v) is 8.74. The molecule has 0 atom stereocenters. The molecule has 0 fully saturated rings. The highest BCUT2D eigenvalue weighted by Gasteiger charge is 2.11. The van der Waals surface area contributed by atoms with Gasteiger partial charge in [-0.1, -0.05) is 79.4 Å². The molecule has 0 saturated heterocycles. The molecule has 7 rings (SSSR count). The second-order valence-electron chi connectivity index (χ2n) is 6.65. The Morgan fingerprint density at radius 2 is 1.21 bits per heavy atom. The maximum atomic E-state index is 4.41. The van der Waals surface area contributed by atoms with Gasteiger partial charge in [-0.05, 0) is 64.6 Å². The van der Waals surface area contributed by atoms with Gasteiger partial charge >= 0.3 is 0 Å². The fourth-order valence-electron chi connectivity index (χ4n) is 3.51. The monoisotopic (exact) mass is 310 g/mol. The Bertz CT molecular complexity index is 854. The van der Waals surface area contributed by atoms with Gasteiger partial charge in [-0.15, -0.1) is 0 Å². The van der Waals surface area contributed by atoms with Crippen molar-refractivity contribution in [3.05, 3.63) is 113 Å². The molecule has 4 bridgehead atoms. The predicted molar refractivity (Wildman–Crippen MR) is 102 cm³/mol. The van der Waals surface area contributed by atoms with E-state index in [-0.39, 0.29) is 0 Å². The largest absolute Gasteiger partial charge is 0.0905 e. The molecule has 0 heterocycles. The van der Waals surface area contributed by atoms with Crippen LogP contribution in [-0.4, -0.2) is 0 Å². The fraction of sp³-hybridized carbons (Fsp3) is 0.167. The third-order valence-corrected chi connectivity index (χ3v) is 5.03. The lowest BCUT2D eigenvalue weighted by molar-refractivity contribution is 0.918. The van der Waals surface area contributed by atoms with Gasteiger partial charge in [0.2, 0.25) is 0 Å². The van der Waals surface area contributed by atoms with Crippen molar-refractivity contribution in [1.29, 1.82) is 0 Å². The average molecular weight is 310 g/mol. The number of aryl methyl sites for hydroxylation is 4. The molecule has 3 aromatic rings. The molecular formula is C24H22. The molecule has 0 N–H and O–H groups in total. The van der Waals surface area contributed by atoms with E-state index >= 15 is 0 Å². The van der Waals surface area contributed by atoms with E-state index in [0.29, 0.717) is 0 Å². The van der Waals surface area contributed by atoms with Crippen molar-refractivity contribution in [2.45, 2.75) is 25.7 Å². The summed E-state index contributed by atoms with van der Waals surface area (Å²) in [5.74, 6) is 0. The molecule has 0 amide bonds. The van der Waals surface area contributed by atoms with Crippen LogP contribution in [0.15, 0.2) is 79.4 Å². The summed E-state index contributed by atoms with van der Waals surface area (Å²) in [7, 11) is 0. The van der Waals surface area contributed by atoms with Crippen LogP contribution in [0.5, 0.6) is 0 Å². The van der Waals surface area contributed by atoms with Crippen LogP contribution >= 0.6 is 0 Å². The van der Waals surface area contributed by atoms with Crippen LogP contribution in [-0.2, 0) is 25.7 Å². The second-order valence-corrected chi connectivity index (χ2v) is 6.65. The molecule has 3 aromatic carbocycles. The summed E-state index contributed by atoms with van der Waals surface area (Å²) >= 11 is 0. The zero-order valence-electron chi connectivity index (χ0n) is 14.0. The van der Waals surface area contributed by atoms with Crippen LogP contribution in [0.4, 0.5) is 0 Å². The third kappa shape index (κ3) is 3.05. The fourth-order valence-corrected chi connectivity index (χ4v) is 3.51. The van der Waals surface area contributed by atoms with E-state index in [4.69, 9.17) is 0 Å². The molecule has 24 heavy (non-hydrogen) atoms. The van der Waals surface area contributed by atoms with Gasteiger partial charge < -0.3 is 0 Å². The van der Waals surface area contributed by atoms with Crippen LogP contribution < -0.4 is 0 Å². The second kappa shape index (κ2) is 6.49. The molecule has 0 heteroatoms. The SMILES string of the molecule is C=C(c1ccccc1)c1cc2ccc1CCc1ccc(cc1)CC2. The molecule has 0 nitrogen and oxygen atoms in total. The topological polar surface area (TPSA) is 0 Å². The Morgan fingerprint density at radius 3 is 1.92 bits per heavy atom. The first-order chi connectivity index (χ1) is 11.8. The van der Waals surface area contributed by atoms with Crippen molar-refractivity contribution in [2.75, 3.05) is 0 Å². The summed E-state index contributed by atoms with van der Waals surface area (Å²) in [5, 5.41) is 0. The summed E-state index contributed by atoms with van der Waals surface area (Å²) in [6.45, 7) is 4.41. The Hall–Kier alpha value is -2.60. The standard InChI is InChI=1S/C24H22/c1-18(22-5-3-2-4-6-22)24-17-21-12-11-19-7-9-20(10-8-19)13-15-23(24)16-14-21/h2-10,14,16-17H,1,11-13,15H2. The van der Waals surface area contributed by atoms with Gasteiger partial charge in [0, 0.05) is 0 Å². The lowest BCUT2D eigenvalue weighted by Crippen LogP contribution is -2.02.